The standard InChI is InChI=1S/C23H22N6O/c1-28-15-25-14-22(28)21-13-24-12-20(27-21)16-6-8-29(9-7-16)23(30)18-10-17-4-2-3-5-19(17)26-11-18/h2-5,10-16H,6-9H2,1H3. The summed E-state index contributed by atoms with van der Waals surface area (Å²) in [5, 5.41) is 0.987. The lowest BCUT2D eigenvalue weighted by Crippen LogP contribution is -2.38. The molecule has 1 fully saturated rings. The van der Waals surface area contributed by atoms with Crippen molar-refractivity contribution in [2.24, 2.45) is 7.05 Å². The number of fused-ring (bicyclic) bond motifs is 1. The highest BCUT2D eigenvalue weighted by molar-refractivity contribution is 5.97. The number of aryl methyl sites for hydroxylation is 1. The quantitative estimate of drug-likeness (QED) is 0.528. The van der Waals surface area contributed by atoms with E-state index in [1.807, 2.05) is 53.0 Å². The van der Waals surface area contributed by atoms with Crippen LogP contribution in [0.3, 0.4) is 0 Å². The first kappa shape index (κ1) is 18.4. The summed E-state index contributed by atoms with van der Waals surface area (Å²) in [4.78, 5) is 32.7. The van der Waals surface area contributed by atoms with Gasteiger partial charge in [0.2, 0.25) is 0 Å². The number of piperidine rings is 1. The number of para-hydroxylation sites is 1. The van der Waals surface area contributed by atoms with Crippen LogP contribution in [0, 0.1) is 0 Å². The molecule has 7 nitrogen and oxygen atoms in total. The van der Waals surface area contributed by atoms with Gasteiger partial charge in [-0.2, -0.15) is 0 Å². The van der Waals surface area contributed by atoms with Crippen molar-refractivity contribution in [1.82, 2.24) is 29.4 Å². The van der Waals surface area contributed by atoms with Gasteiger partial charge in [0.1, 0.15) is 5.69 Å². The highest BCUT2D eigenvalue weighted by Gasteiger charge is 2.26. The minimum absolute atomic E-state index is 0.0430. The third kappa shape index (κ3) is 3.43. The van der Waals surface area contributed by atoms with Gasteiger partial charge in [0.15, 0.2) is 0 Å². The highest BCUT2D eigenvalue weighted by atomic mass is 16.2. The number of hydrogen-bond acceptors (Lipinski definition) is 5. The van der Waals surface area contributed by atoms with Crippen LogP contribution < -0.4 is 0 Å². The summed E-state index contributed by atoms with van der Waals surface area (Å²) < 4.78 is 1.94. The van der Waals surface area contributed by atoms with Crippen molar-refractivity contribution in [1.29, 1.82) is 0 Å². The van der Waals surface area contributed by atoms with E-state index < -0.39 is 0 Å². The number of nitrogens with zero attached hydrogens (tertiary/aromatic N) is 6. The first-order valence-corrected chi connectivity index (χ1v) is 10.1. The number of rotatable bonds is 3. The Bertz CT molecular complexity index is 1210. The van der Waals surface area contributed by atoms with Crippen molar-refractivity contribution in [2.45, 2.75) is 18.8 Å². The van der Waals surface area contributed by atoms with Crippen molar-refractivity contribution in [3.63, 3.8) is 0 Å². The molecule has 0 unspecified atom stereocenters. The van der Waals surface area contributed by atoms with Crippen LogP contribution in [0.4, 0.5) is 0 Å². The zero-order valence-corrected chi connectivity index (χ0v) is 16.8. The Morgan fingerprint density at radius 2 is 1.87 bits per heavy atom. The molecule has 0 saturated carbocycles. The number of hydrogen-bond donors (Lipinski definition) is 0. The van der Waals surface area contributed by atoms with Crippen LogP contribution in [0.5, 0.6) is 0 Å². The van der Waals surface area contributed by atoms with Gasteiger partial charge < -0.3 is 9.47 Å². The van der Waals surface area contributed by atoms with Crippen LogP contribution in [0.2, 0.25) is 0 Å². The number of benzene rings is 1. The van der Waals surface area contributed by atoms with Gasteiger partial charge in [0, 0.05) is 43.8 Å². The van der Waals surface area contributed by atoms with E-state index in [9.17, 15) is 4.79 Å². The predicted molar refractivity (Wildman–Crippen MR) is 114 cm³/mol. The second kappa shape index (κ2) is 7.67. The summed E-state index contributed by atoms with van der Waals surface area (Å²) in [6, 6.07) is 9.78. The molecular formula is C23H22N6O. The summed E-state index contributed by atoms with van der Waals surface area (Å²) in [6.45, 7) is 1.40. The van der Waals surface area contributed by atoms with E-state index in [0.29, 0.717) is 24.6 Å². The fourth-order valence-corrected chi connectivity index (χ4v) is 4.05. The monoisotopic (exact) mass is 398 g/mol. The molecule has 1 amide bonds. The molecule has 1 saturated heterocycles. The van der Waals surface area contributed by atoms with E-state index in [1.165, 1.54) is 0 Å². The number of pyridine rings is 1. The normalized spacial score (nSPS) is 14.9. The van der Waals surface area contributed by atoms with Gasteiger partial charge in [-0.1, -0.05) is 18.2 Å². The molecule has 1 aliphatic rings. The number of likely N-dealkylation sites (tertiary alicyclic amines) is 1. The van der Waals surface area contributed by atoms with E-state index in [1.54, 1.807) is 24.9 Å². The van der Waals surface area contributed by atoms with E-state index in [2.05, 4.69) is 15.0 Å². The van der Waals surface area contributed by atoms with Crippen molar-refractivity contribution in [3.05, 3.63) is 72.7 Å². The SMILES string of the molecule is Cn1cncc1-c1cncc(C2CCN(C(=O)c3cnc4ccccc4c3)CC2)n1. The number of carbonyl (C=O) groups is 1. The van der Waals surface area contributed by atoms with Crippen LogP contribution in [-0.4, -0.2) is 48.4 Å². The van der Waals surface area contributed by atoms with Crippen LogP contribution in [0.15, 0.2) is 61.4 Å². The Hall–Kier alpha value is -3.61. The van der Waals surface area contributed by atoms with E-state index in [0.717, 1.165) is 40.8 Å². The molecule has 1 aliphatic heterocycles. The number of imidazole rings is 1. The maximum absolute atomic E-state index is 13.0. The maximum Gasteiger partial charge on any atom is 0.255 e. The molecule has 150 valence electrons. The highest BCUT2D eigenvalue weighted by Crippen LogP contribution is 2.28. The molecule has 7 heteroatoms. The molecular weight excluding hydrogens is 376 g/mol. The lowest BCUT2D eigenvalue weighted by Gasteiger charge is -2.31. The number of aromatic nitrogens is 5. The fourth-order valence-electron chi connectivity index (χ4n) is 4.05. The average Bonchev–Trinajstić information content (AvgIpc) is 3.24. The van der Waals surface area contributed by atoms with Crippen molar-refractivity contribution >= 4 is 16.8 Å². The molecule has 0 atom stereocenters. The largest absolute Gasteiger partial charge is 0.339 e. The lowest BCUT2D eigenvalue weighted by atomic mass is 9.93. The molecule has 30 heavy (non-hydrogen) atoms. The fraction of sp³-hybridized carbons (Fsp3) is 0.261. The molecule has 5 rings (SSSR count). The molecule has 0 radical (unpaired) electrons. The topological polar surface area (TPSA) is 76.8 Å². The van der Waals surface area contributed by atoms with E-state index >= 15 is 0 Å². The zero-order chi connectivity index (χ0) is 20.5. The molecule has 0 bridgehead atoms. The average molecular weight is 398 g/mol. The van der Waals surface area contributed by atoms with Gasteiger partial charge in [-0.05, 0) is 25.0 Å². The van der Waals surface area contributed by atoms with Crippen LogP contribution in [0.25, 0.3) is 22.3 Å². The molecule has 1 aromatic carbocycles. The van der Waals surface area contributed by atoms with Crippen molar-refractivity contribution in [3.8, 4) is 11.4 Å². The van der Waals surface area contributed by atoms with Gasteiger partial charge in [-0.3, -0.25) is 14.8 Å². The van der Waals surface area contributed by atoms with Gasteiger partial charge >= 0.3 is 0 Å². The minimum atomic E-state index is 0.0430. The van der Waals surface area contributed by atoms with Gasteiger partial charge in [0.25, 0.3) is 5.91 Å². The maximum atomic E-state index is 13.0. The molecule has 3 aromatic heterocycles. The minimum Gasteiger partial charge on any atom is -0.339 e. The summed E-state index contributed by atoms with van der Waals surface area (Å²) in [5.74, 6) is 0.339. The van der Waals surface area contributed by atoms with Gasteiger partial charge in [0.05, 0.1) is 41.2 Å². The number of amides is 1. The van der Waals surface area contributed by atoms with Crippen LogP contribution in [0.1, 0.15) is 34.8 Å². The zero-order valence-electron chi connectivity index (χ0n) is 16.8. The first-order chi connectivity index (χ1) is 14.7. The Morgan fingerprint density at radius 1 is 1.03 bits per heavy atom. The molecule has 4 aromatic rings. The van der Waals surface area contributed by atoms with Gasteiger partial charge in [-0.25, -0.2) is 9.97 Å². The Balaban J connectivity index is 1.29. The van der Waals surface area contributed by atoms with Gasteiger partial charge in [-0.15, -0.1) is 0 Å². The second-order valence-electron chi connectivity index (χ2n) is 7.70. The second-order valence-corrected chi connectivity index (χ2v) is 7.70. The number of carbonyl (C=O) groups excluding carboxylic acids is 1. The third-order valence-corrected chi connectivity index (χ3v) is 5.77. The Morgan fingerprint density at radius 3 is 2.67 bits per heavy atom. The smallest absolute Gasteiger partial charge is 0.255 e. The Kier molecular flexibility index (Phi) is 4.71. The van der Waals surface area contributed by atoms with Crippen molar-refractivity contribution in [2.75, 3.05) is 13.1 Å². The van der Waals surface area contributed by atoms with E-state index in [4.69, 9.17) is 4.98 Å². The summed E-state index contributed by atoms with van der Waals surface area (Å²) >= 11 is 0. The summed E-state index contributed by atoms with van der Waals surface area (Å²) in [5.41, 5.74) is 4.30. The molecule has 4 heterocycles. The van der Waals surface area contributed by atoms with E-state index in [-0.39, 0.29) is 5.91 Å². The van der Waals surface area contributed by atoms with Crippen molar-refractivity contribution < 1.29 is 4.79 Å². The predicted octanol–water partition coefficient (Wildman–Crippen LogP) is 3.45. The molecule has 0 aliphatic carbocycles. The third-order valence-electron chi connectivity index (χ3n) is 5.77. The summed E-state index contributed by atoms with van der Waals surface area (Å²) in [6.07, 6.45) is 10.6. The van der Waals surface area contributed by atoms with Crippen LogP contribution >= 0.6 is 0 Å². The molecule has 0 N–H and O–H groups in total. The first-order valence-electron chi connectivity index (χ1n) is 10.1. The molecule has 0 spiro atoms. The lowest BCUT2D eigenvalue weighted by molar-refractivity contribution is 0.0712. The summed E-state index contributed by atoms with van der Waals surface area (Å²) in [7, 11) is 1.95. The van der Waals surface area contributed by atoms with Crippen LogP contribution in [-0.2, 0) is 7.05 Å². The Labute approximate surface area is 174 Å².